The summed E-state index contributed by atoms with van der Waals surface area (Å²) in [6, 6.07) is 0. The maximum Gasteiger partial charge on any atom is 0.0701 e. The van der Waals surface area contributed by atoms with Crippen molar-refractivity contribution in [3.05, 3.63) is 18.0 Å². The van der Waals surface area contributed by atoms with Crippen LogP contribution in [0.5, 0.6) is 0 Å². The molecule has 18 heavy (non-hydrogen) atoms. The summed E-state index contributed by atoms with van der Waals surface area (Å²) in [7, 11) is 1.67. The van der Waals surface area contributed by atoms with E-state index in [1.54, 1.807) is 7.11 Å². The molecule has 0 saturated carbocycles. The average molecular weight is 255 g/mol. The number of hydrogen-bond donors (Lipinski definition) is 1. The Morgan fingerprint density at radius 2 is 2.17 bits per heavy atom. The zero-order chi connectivity index (χ0) is 13.2. The van der Waals surface area contributed by atoms with Crippen molar-refractivity contribution in [1.82, 2.24) is 15.1 Å². The first-order valence-corrected chi connectivity index (χ1v) is 6.51. The first-order chi connectivity index (χ1) is 8.72. The lowest BCUT2D eigenvalue weighted by molar-refractivity contribution is 0.0654. The number of nitrogens with one attached hydrogen (secondary N) is 1. The Hall–Kier alpha value is -0.910. The first kappa shape index (κ1) is 15.1. The van der Waals surface area contributed by atoms with Crippen LogP contribution in [0.25, 0.3) is 0 Å². The summed E-state index contributed by atoms with van der Waals surface area (Å²) in [6.45, 7) is 9.05. The van der Waals surface area contributed by atoms with Crippen LogP contribution in [0.15, 0.2) is 12.4 Å². The highest BCUT2D eigenvalue weighted by molar-refractivity contribution is 5.03. The van der Waals surface area contributed by atoms with E-state index in [0.29, 0.717) is 25.7 Å². The van der Waals surface area contributed by atoms with Gasteiger partial charge in [-0.05, 0) is 12.5 Å². The van der Waals surface area contributed by atoms with E-state index < -0.39 is 0 Å². The molecule has 0 unspecified atom stereocenters. The summed E-state index contributed by atoms with van der Waals surface area (Å²) in [4.78, 5) is 0. The molecule has 0 aromatic carbocycles. The van der Waals surface area contributed by atoms with Crippen LogP contribution in [0.1, 0.15) is 19.4 Å². The van der Waals surface area contributed by atoms with Crippen LogP contribution in [0.4, 0.5) is 0 Å². The van der Waals surface area contributed by atoms with Gasteiger partial charge in [-0.15, -0.1) is 0 Å². The highest BCUT2D eigenvalue weighted by atomic mass is 16.5. The van der Waals surface area contributed by atoms with Gasteiger partial charge in [0.05, 0.1) is 32.6 Å². The Morgan fingerprint density at radius 3 is 2.89 bits per heavy atom. The second-order valence-corrected chi connectivity index (χ2v) is 4.74. The largest absolute Gasteiger partial charge is 0.382 e. The lowest BCUT2D eigenvalue weighted by Gasteiger charge is -2.05. The average Bonchev–Trinajstić information content (AvgIpc) is 2.76. The van der Waals surface area contributed by atoms with Crippen molar-refractivity contribution in [3.8, 4) is 0 Å². The predicted octanol–water partition coefficient (Wildman–Crippen LogP) is 1.29. The minimum atomic E-state index is 0.639. The molecule has 1 aromatic heterocycles. The number of rotatable bonds is 10. The van der Waals surface area contributed by atoms with E-state index in [0.717, 1.165) is 19.6 Å². The molecule has 0 amide bonds. The molecular formula is C13H25N3O2. The van der Waals surface area contributed by atoms with Crippen LogP contribution in [0.3, 0.4) is 0 Å². The van der Waals surface area contributed by atoms with Crippen LogP contribution in [0.2, 0.25) is 0 Å². The van der Waals surface area contributed by atoms with E-state index in [4.69, 9.17) is 9.47 Å². The summed E-state index contributed by atoms with van der Waals surface area (Å²) in [5.41, 5.74) is 1.22. The third kappa shape index (κ3) is 6.74. The Balaban J connectivity index is 2.13. The maximum absolute atomic E-state index is 5.40. The SMILES string of the molecule is COCCOCCn1cc(CNCC(C)C)cn1. The molecule has 1 aromatic rings. The Kier molecular flexibility index (Phi) is 7.64. The Morgan fingerprint density at radius 1 is 1.33 bits per heavy atom. The molecule has 0 radical (unpaired) electrons. The van der Waals surface area contributed by atoms with Gasteiger partial charge < -0.3 is 14.8 Å². The van der Waals surface area contributed by atoms with E-state index in [-0.39, 0.29) is 0 Å². The van der Waals surface area contributed by atoms with Crippen LogP contribution < -0.4 is 5.32 Å². The van der Waals surface area contributed by atoms with Gasteiger partial charge in [-0.2, -0.15) is 5.10 Å². The standard InChI is InChI=1S/C13H25N3O2/c1-12(2)8-14-9-13-10-15-16(11-13)4-5-18-7-6-17-3/h10-12,14H,4-9H2,1-3H3. The minimum Gasteiger partial charge on any atom is -0.382 e. The molecule has 0 bridgehead atoms. The van der Waals surface area contributed by atoms with Crippen molar-refractivity contribution in [2.24, 2.45) is 5.92 Å². The lowest BCUT2D eigenvalue weighted by Crippen LogP contribution is -2.18. The maximum atomic E-state index is 5.40. The van der Waals surface area contributed by atoms with E-state index in [9.17, 15) is 0 Å². The Bertz CT molecular complexity index is 313. The summed E-state index contributed by atoms with van der Waals surface area (Å²) < 4.78 is 12.2. The fourth-order valence-corrected chi connectivity index (χ4v) is 1.53. The minimum absolute atomic E-state index is 0.639. The van der Waals surface area contributed by atoms with Crippen LogP contribution in [-0.4, -0.2) is 43.3 Å². The molecule has 0 fully saturated rings. The second kappa shape index (κ2) is 9.08. The van der Waals surface area contributed by atoms with Gasteiger partial charge in [-0.25, -0.2) is 0 Å². The smallest absolute Gasteiger partial charge is 0.0701 e. The molecule has 1 N–H and O–H groups in total. The molecule has 0 aliphatic heterocycles. The normalized spacial score (nSPS) is 11.3. The predicted molar refractivity (Wildman–Crippen MR) is 71.5 cm³/mol. The zero-order valence-electron chi connectivity index (χ0n) is 11.7. The number of nitrogens with zero attached hydrogens (tertiary/aromatic N) is 2. The molecule has 0 spiro atoms. The molecule has 0 aliphatic carbocycles. The van der Waals surface area contributed by atoms with Crippen LogP contribution >= 0.6 is 0 Å². The highest BCUT2D eigenvalue weighted by Gasteiger charge is 1.99. The van der Waals surface area contributed by atoms with Gasteiger partial charge in [0.1, 0.15) is 0 Å². The van der Waals surface area contributed by atoms with E-state index in [2.05, 4.69) is 30.5 Å². The van der Waals surface area contributed by atoms with Gasteiger partial charge >= 0.3 is 0 Å². The number of hydrogen-bond acceptors (Lipinski definition) is 4. The van der Waals surface area contributed by atoms with E-state index >= 15 is 0 Å². The van der Waals surface area contributed by atoms with Crippen molar-refractivity contribution in [1.29, 1.82) is 0 Å². The molecule has 1 rings (SSSR count). The summed E-state index contributed by atoms with van der Waals surface area (Å²) in [5.74, 6) is 0.675. The summed E-state index contributed by atoms with van der Waals surface area (Å²) in [6.07, 6.45) is 3.97. The molecule has 0 aliphatic rings. The quantitative estimate of drug-likeness (QED) is 0.640. The Labute approximate surface area is 109 Å². The third-order valence-electron chi connectivity index (χ3n) is 2.46. The van der Waals surface area contributed by atoms with Crippen LogP contribution in [-0.2, 0) is 22.6 Å². The van der Waals surface area contributed by atoms with Crippen molar-refractivity contribution >= 4 is 0 Å². The molecule has 0 atom stereocenters. The highest BCUT2D eigenvalue weighted by Crippen LogP contribution is 1.98. The lowest BCUT2D eigenvalue weighted by atomic mass is 10.2. The molecule has 5 heteroatoms. The van der Waals surface area contributed by atoms with Gasteiger partial charge in [-0.1, -0.05) is 13.8 Å². The van der Waals surface area contributed by atoms with Gasteiger partial charge in [0, 0.05) is 25.4 Å². The van der Waals surface area contributed by atoms with Gasteiger partial charge in [0.15, 0.2) is 0 Å². The third-order valence-corrected chi connectivity index (χ3v) is 2.46. The summed E-state index contributed by atoms with van der Waals surface area (Å²) in [5, 5.41) is 7.69. The summed E-state index contributed by atoms with van der Waals surface area (Å²) >= 11 is 0. The van der Waals surface area contributed by atoms with Gasteiger partial charge in [0.2, 0.25) is 0 Å². The van der Waals surface area contributed by atoms with E-state index in [1.165, 1.54) is 5.56 Å². The first-order valence-electron chi connectivity index (χ1n) is 6.51. The number of methoxy groups -OCH3 is 1. The number of aromatic nitrogens is 2. The van der Waals surface area contributed by atoms with Crippen molar-refractivity contribution in [2.45, 2.75) is 26.9 Å². The second-order valence-electron chi connectivity index (χ2n) is 4.74. The van der Waals surface area contributed by atoms with Gasteiger partial charge in [-0.3, -0.25) is 4.68 Å². The topological polar surface area (TPSA) is 48.3 Å². The molecule has 5 nitrogen and oxygen atoms in total. The molecule has 104 valence electrons. The van der Waals surface area contributed by atoms with Crippen molar-refractivity contribution in [2.75, 3.05) is 33.5 Å². The molecular weight excluding hydrogens is 230 g/mol. The van der Waals surface area contributed by atoms with Crippen LogP contribution in [0, 0.1) is 5.92 Å². The molecule has 0 saturated heterocycles. The monoisotopic (exact) mass is 255 g/mol. The zero-order valence-corrected chi connectivity index (χ0v) is 11.7. The molecule has 1 heterocycles. The fourth-order valence-electron chi connectivity index (χ4n) is 1.53. The van der Waals surface area contributed by atoms with Crippen molar-refractivity contribution < 1.29 is 9.47 Å². The number of ether oxygens (including phenoxy) is 2. The van der Waals surface area contributed by atoms with E-state index in [1.807, 2.05) is 10.9 Å². The van der Waals surface area contributed by atoms with Crippen molar-refractivity contribution in [3.63, 3.8) is 0 Å². The fraction of sp³-hybridized carbons (Fsp3) is 0.769. The van der Waals surface area contributed by atoms with Gasteiger partial charge in [0.25, 0.3) is 0 Å².